The highest BCUT2D eigenvalue weighted by Gasteiger charge is 2.23. The van der Waals surface area contributed by atoms with Gasteiger partial charge in [-0.1, -0.05) is 24.3 Å². The molecule has 1 aromatic carbocycles. The molecule has 82 valence electrons. The van der Waals surface area contributed by atoms with Crippen molar-refractivity contribution in [2.24, 2.45) is 0 Å². The fourth-order valence-corrected chi connectivity index (χ4v) is 2.44. The zero-order valence-corrected chi connectivity index (χ0v) is 9.46. The lowest BCUT2D eigenvalue weighted by Crippen LogP contribution is -2.10. The quantitative estimate of drug-likeness (QED) is 0.737. The molecule has 3 nitrogen and oxygen atoms in total. The van der Waals surface area contributed by atoms with Crippen molar-refractivity contribution >= 4 is 10.1 Å². The van der Waals surface area contributed by atoms with Gasteiger partial charge < -0.3 is 0 Å². The van der Waals surface area contributed by atoms with Crippen molar-refractivity contribution < 1.29 is 12.6 Å². The molecule has 4 heteroatoms. The largest absolute Gasteiger partial charge is 0.270 e. The van der Waals surface area contributed by atoms with Crippen LogP contribution in [0.5, 0.6) is 0 Å². The fraction of sp³-hybridized carbons (Fsp3) is 0.455. The molecule has 0 bridgehead atoms. The second-order valence-corrected chi connectivity index (χ2v) is 5.57. The van der Waals surface area contributed by atoms with Crippen LogP contribution in [0.25, 0.3) is 0 Å². The molecule has 0 saturated heterocycles. The van der Waals surface area contributed by atoms with Crippen LogP contribution >= 0.6 is 0 Å². The number of benzene rings is 1. The summed E-state index contributed by atoms with van der Waals surface area (Å²) in [6, 6.07) is 8.14. The van der Waals surface area contributed by atoms with Crippen molar-refractivity contribution in [3.63, 3.8) is 0 Å². The third-order valence-electron chi connectivity index (χ3n) is 2.74. The summed E-state index contributed by atoms with van der Waals surface area (Å²) in [6.07, 6.45) is 3.09. The van der Waals surface area contributed by atoms with Gasteiger partial charge in [0.15, 0.2) is 0 Å². The summed E-state index contributed by atoms with van der Waals surface area (Å²) in [5, 5.41) is 0. The molecule has 1 aliphatic carbocycles. The van der Waals surface area contributed by atoms with Crippen molar-refractivity contribution in [3.8, 4) is 0 Å². The molecule has 1 aliphatic rings. The molecular weight excluding hydrogens is 212 g/mol. The lowest BCUT2D eigenvalue weighted by Gasteiger charge is -2.10. The Morgan fingerprint density at radius 1 is 1.40 bits per heavy atom. The summed E-state index contributed by atoms with van der Waals surface area (Å²) >= 11 is 0. The summed E-state index contributed by atoms with van der Waals surface area (Å²) < 4.78 is 26.6. The third kappa shape index (κ3) is 2.58. The standard InChI is InChI=1S/C11H14O3S/c1-15(12,13)14-8-10-7-6-9-4-2-3-5-11(9)10/h2-5,10H,6-8H2,1H3. The Kier molecular flexibility index (Phi) is 2.80. The van der Waals surface area contributed by atoms with Crippen LogP contribution in [0.4, 0.5) is 0 Å². The number of aryl methyl sites for hydroxylation is 1. The number of hydrogen-bond donors (Lipinski definition) is 0. The minimum Gasteiger partial charge on any atom is -0.270 e. The lowest BCUT2D eigenvalue weighted by atomic mass is 10.0. The molecule has 1 unspecified atom stereocenters. The molecule has 0 saturated carbocycles. The number of fused-ring (bicyclic) bond motifs is 1. The van der Waals surface area contributed by atoms with Crippen molar-refractivity contribution in [2.45, 2.75) is 18.8 Å². The first-order chi connectivity index (χ1) is 7.06. The zero-order valence-electron chi connectivity index (χ0n) is 8.64. The van der Waals surface area contributed by atoms with Crippen LogP contribution < -0.4 is 0 Å². The Hall–Kier alpha value is -0.870. The van der Waals surface area contributed by atoms with Crippen LogP contribution in [0.1, 0.15) is 23.5 Å². The van der Waals surface area contributed by atoms with Gasteiger partial charge in [0.05, 0.1) is 12.9 Å². The molecule has 0 amide bonds. The van der Waals surface area contributed by atoms with E-state index in [1.807, 2.05) is 12.1 Å². The van der Waals surface area contributed by atoms with E-state index in [4.69, 9.17) is 4.18 Å². The highest BCUT2D eigenvalue weighted by atomic mass is 32.2. The predicted octanol–water partition coefficient (Wildman–Crippen LogP) is 1.69. The molecule has 0 N–H and O–H groups in total. The van der Waals surface area contributed by atoms with Crippen molar-refractivity contribution in [3.05, 3.63) is 35.4 Å². The van der Waals surface area contributed by atoms with E-state index in [9.17, 15) is 8.42 Å². The summed E-state index contributed by atoms with van der Waals surface area (Å²) in [6.45, 7) is 0.274. The number of rotatable bonds is 3. The maximum atomic E-state index is 10.9. The normalized spacial score (nSPS) is 20.2. The first-order valence-electron chi connectivity index (χ1n) is 4.98. The van der Waals surface area contributed by atoms with E-state index in [-0.39, 0.29) is 12.5 Å². The van der Waals surface area contributed by atoms with Crippen LogP contribution in [0.15, 0.2) is 24.3 Å². The van der Waals surface area contributed by atoms with Crippen LogP contribution in [0, 0.1) is 0 Å². The second-order valence-electron chi connectivity index (χ2n) is 3.92. The highest BCUT2D eigenvalue weighted by Crippen LogP contribution is 2.32. The first-order valence-corrected chi connectivity index (χ1v) is 6.80. The van der Waals surface area contributed by atoms with E-state index >= 15 is 0 Å². The zero-order chi connectivity index (χ0) is 10.9. The molecule has 0 heterocycles. The van der Waals surface area contributed by atoms with Gasteiger partial charge in [0.1, 0.15) is 0 Å². The summed E-state index contributed by atoms with van der Waals surface area (Å²) in [7, 11) is -3.31. The molecule has 2 rings (SSSR count). The fourth-order valence-electron chi connectivity index (χ4n) is 2.02. The average molecular weight is 226 g/mol. The predicted molar refractivity (Wildman–Crippen MR) is 58.3 cm³/mol. The molecule has 0 aromatic heterocycles. The molecular formula is C11H14O3S. The summed E-state index contributed by atoms with van der Waals surface area (Å²) in [5.74, 6) is 0.232. The average Bonchev–Trinajstić information content (AvgIpc) is 2.57. The minimum atomic E-state index is -3.31. The first kappa shape index (κ1) is 10.6. The summed E-state index contributed by atoms with van der Waals surface area (Å²) in [5.41, 5.74) is 2.56. The summed E-state index contributed by atoms with van der Waals surface area (Å²) in [4.78, 5) is 0. The Morgan fingerprint density at radius 3 is 2.87 bits per heavy atom. The monoisotopic (exact) mass is 226 g/mol. The molecule has 0 radical (unpaired) electrons. The minimum absolute atomic E-state index is 0.232. The SMILES string of the molecule is CS(=O)(=O)OCC1CCc2ccccc21. The van der Waals surface area contributed by atoms with Crippen LogP contribution in [-0.2, 0) is 20.7 Å². The van der Waals surface area contributed by atoms with Crippen LogP contribution in [-0.4, -0.2) is 21.3 Å². The lowest BCUT2D eigenvalue weighted by molar-refractivity contribution is 0.294. The van der Waals surface area contributed by atoms with E-state index in [0.717, 1.165) is 19.1 Å². The van der Waals surface area contributed by atoms with E-state index in [2.05, 4.69) is 12.1 Å². The van der Waals surface area contributed by atoms with Crippen molar-refractivity contribution in [1.82, 2.24) is 0 Å². The van der Waals surface area contributed by atoms with Gasteiger partial charge in [0, 0.05) is 5.92 Å². The van der Waals surface area contributed by atoms with Gasteiger partial charge in [-0.15, -0.1) is 0 Å². The topological polar surface area (TPSA) is 43.4 Å². The Bertz CT molecular complexity index is 451. The van der Waals surface area contributed by atoms with Crippen LogP contribution in [0.2, 0.25) is 0 Å². The van der Waals surface area contributed by atoms with Gasteiger partial charge >= 0.3 is 0 Å². The van der Waals surface area contributed by atoms with Gasteiger partial charge in [-0.3, -0.25) is 4.18 Å². The second kappa shape index (κ2) is 3.94. The third-order valence-corrected chi connectivity index (χ3v) is 3.30. The Labute approximate surface area is 90.2 Å². The van der Waals surface area contributed by atoms with E-state index in [1.165, 1.54) is 11.1 Å². The Morgan fingerprint density at radius 2 is 2.13 bits per heavy atom. The van der Waals surface area contributed by atoms with Gasteiger partial charge in [0.25, 0.3) is 10.1 Å². The molecule has 1 atom stereocenters. The maximum absolute atomic E-state index is 10.9. The van der Waals surface area contributed by atoms with Gasteiger partial charge in [0.2, 0.25) is 0 Å². The van der Waals surface area contributed by atoms with E-state index < -0.39 is 10.1 Å². The van der Waals surface area contributed by atoms with Gasteiger partial charge in [-0.2, -0.15) is 8.42 Å². The Balaban J connectivity index is 2.08. The van der Waals surface area contributed by atoms with Crippen LogP contribution in [0.3, 0.4) is 0 Å². The molecule has 15 heavy (non-hydrogen) atoms. The molecule has 1 aromatic rings. The van der Waals surface area contributed by atoms with Gasteiger partial charge in [-0.05, 0) is 24.0 Å². The molecule has 0 fully saturated rings. The van der Waals surface area contributed by atoms with Crippen molar-refractivity contribution in [1.29, 1.82) is 0 Å². The highest BCUT2D eigenvalue weighted by molar-refractivity contribution is 7.85. The molecule has 0 aliphatic heterocycles. The maximum Gasteiger partial charge on any atom is 0.264 e. The van der Waals surface area contributed by atoms with E-state index in [1.54, 1.807) is 0 Å². The molecule has 0 spiro atoms. The van der Waals surface area contributed by atoms with Gasteiger partial charge in [-0.25, -0.2) is 0 Å². The van der Waals surface area contributed by atoms with E-state index in [0.29, 0.717) is 0 Å². The van der Waals surface area contributed by atoms with Crippen molar-refractivity contribution in [2.75, 3.05) is 12.9 Å². The number of hydrogen-bond acceptors (Lipinski definition) is 3. The smallest absolute Gasteiger partial charge is 0.264 e.